The van der Waals surface area contributed by atoms with Crippen LogP contribution < -0.4 is 9.47 Å². The van der Waals surface area contributed by atoms with E-state index in [1.54, 1.807) is 0 Å². The molecule has 0 saturated carbocycles. The second kappa shape index (κ2) is 14.0. The van der Waals surface area contributed by atoms with Crippen LogP contribution in [0.4, 0.5) is 0 Å². The van der Waals surface area contributed by atoms with Gasteiger partial charge in [0.25, 0.3) is 0 Å². The number of oxime groups is 1. The molecule has 0 aromatic heterocycles. The lowest BCUT2D eigenvalue weighted by atomic mass is 10.3. The van der Waals surface area contributed by atoms with E-state index in [-0.39, 0.29) is 0 Å². The maximum absolute atomic E-state index is 5.82. The van der Waals surface area contributed by atoms with Gasteiger partial charge in [0.1, 0.15) is 24.7 Å². The van der Waals surface area contributed by atoms with Crippen LogP contribution in [0, 0.1) is 0 Å². The summed E-state index contributed by atoms with van der Waals surface area (Å²) in [4.78, 5) is 5.05. The first-order valence-corrected chi connectivity index (χ1v) is 11.0. The summed E-state index contributed by atoms with van der Waals surface area (Å²) in [5.74, 6) is 1.48. The number of hydrogen-bond donors (Lipinski definition) is 0. The van der Waals surface area contributed by atoms with Crippen LogP contribution in [0.3, 0.4) is 0 Å². The van der Waals surface area contributed by atoms with Gasteiger partial charge in [-0.05, 0) is 95.8 Å². The van der Waals surface area contributed by atoms with Crippen LogP contribution in [-0.4, -0.2) is 38.7 Å². The van der Waals surface area contributed by atoms with E-state index in [1.807, 2.05) is 32.1 Å². The highest BCUT2D eigenvalue weighted by Gasteiger charge is 2.10. The molecule has 26 heavy (non-hydrogen) atoms. The predicted molar refractivity (Wildman–Crippen MR) is 119 cm³/mol. The Bertz CT molecular complexity index is 592. The fourth-order valence-electron chi connectivity index (χ4n) is 1.67. The van der Waals surface area contributed by atoms with Crippen molar-refractivity contribution in [2.45, 2.75) is 20.3 Å². The fourth-order valence-corrected chi connectivity index (χ4v) is 3.30. The van der Waals surface area contributed by atoms with Crippen LogP contribution in [0.25, 0.3) is 0 Å². The van der Waals surface area contributed by atoms with Crippen LogP contribution in [-0.2, 0) is 9.57 Å². The molecule has 0 fully saturated rings. The number of benzene rings is 1. The predicted octanol–water partition coefficient (Wildman–Crippen LogP) is 6.42. The molecule has 1 rings (SSSR count). The third kappa shape index (κ3) is 10.9. The molecule has 0 spiro atoms. The first kappa shape index (κ1) is 23.9. The molecule has 0 saturated heterocycles. The van der Waals surface area contributed by atoms with Crippen molar-refractivity contribution in [3.8, 4) is 11.5 Å². The molecule has 0 aliphatic rings. The zero-order valence-corrected chi connectivity index (χ0v) is 20.9. The molecule has 0 aliphatic heterocycles. The van der Waals surface area contributed by atoms with Crippen LogP contribution in [0.5, 0.6) is 11.5 Å². The topological polar surface area (TPSA) is 49.3 Å². The summed E-state index contributed by atoms with van der Waals surface area (Å²) >= 11 is 13.6. The summed E-state index contributed by atoms with van der Waals surface area (Å²) in [7, 11) is 0. The van der Waals surface area contributed by atoms with Crippen LogP contribution in [0.15, 0.2) is 35.7 Å². The molecular formula is C17H21Br4NO4. The van der Waals surface area contributed by atoms with E-state index in [1.165, 1.54) is 0 Å². The van der Waals surface area contributed by atoms with E-state index < -0.39 is 0 Å². The largest absolute Gasteiger partial charge is 0.491 e. The number of halogens is 4. The Hall–Kier alpha value is -0.0900. The number of hydrogen-bond acceptors (Lipinski definition) is 5. The molecule has 0 atom stereocenters. The molecule has 9 heteroatoms. The SMILES string of the molecule is CC(C)=NOCCOCCCOc1c(Br)cc(OCC=C(Br)Br)cc1Br. The Kier molecular flexibility index (Phi) is 12.9. The smallest absolute Gasteiger partial charge is 0.147 e. The van der Waals surface area contributed by atoms with Crippen molar-refractivity contribution in [2.75, 3.05) is 33.0 Å². The monoisotopic (exact) mass is 619 g/mol. The van der Waals surface area contributed by atoms with Gasteiger partial charge in [0, 0.05) is 13.0 Å². The summed E-state index contributed by atoms with van der Waals surface area (Å²) < 4.78 is 19.4. The zero-order chi connectivity index (χ0) is 19.4. The fraction of sp³-hybridized carbons (Fsp3) is 0.471. The molecule has 0 radical (unpaired) electrons. The van der Waals surface area contributed by atoms with Gasteiger partial charge in [-0.2, -0.15) is 0 Å². The summed E-state index contributed by atoms with van der Waals surface area (Å²) in [6, 6.07) is 3.75. The van der Waals surface area contributed by atoms with E-state index in [2.05, 4.69) is 68.9 Å². The van der Waals surface area contributed by atoms with Crippen molar-refractivity contribution in [2.24, 2.45) is 5.16 Å². The van der Waals surface area contributed by atoms with Gasteiger partial charge in [-0.1, -0.05) is 5.16 Å². The number of nitrogens with zero attached hydrogens (tertiary/aromatic N) is 1. The molecule has 1 aromatic rings. The van der Waals surface area contributed by atoms with Crippen molar-refractivity contribution >= 4 is 69.4 Å². The normalized spacial score (nSPS) is 10.2. The van der Waals surface area contributed by atoms with Crippen molar-refractivity contribution in [1.29, 1.82) is 0 Å². The highest BCUT2D eigenvalue weighted by molar-refractivity contribution is 9.28. The number of rotatable bonds is 12. The van der Waals surface area contributed by atoms with Crippen molar-refractivity contribution in [3.63, 3.8) is 0 Å². The van der Waals surface area contributed by atoms with Crippen molar-refractivity contribution < 1.29 is 19.0 Å². The molecule has 0 unspecified atom stereocenters. The Morgan fingerprint density at radius 1 is 1.00 bits per heavy atom. The van der Waals surface area contributed by atoms with Gasteiger partial charge in [-0.3, -0.25) is 0 Å². The molecule has 5 nitrogen and oxygen atoms in total. The summed E-state index contributed by atoms with van der Waals surface area (Å²) in [5.41, 5.74) is 0.887. The second-order valence-electron chi connectivity index (χ2n) is 5.21. The van der Waals surface area contributed by atoms with Crippen LogP contribution in [0.1, 0.15) is 20.3 Å². The van der Waals surface area contributed by atoms with Crippen LogP contribution >= 0.6 is 63.7 Å². The minimum absolute atomic E-state index is 0.450. The minimum Gasteiger partial charge on any atom is -0.491 e. The Morgan fingerprint density at radius 2 is 1.69 bits per heavy atom. The molecule has 146 valence electrons. The third-order valence-electron chi connectivity index (χ3n) is 2.70. The average Bonchev–Trinajstić information content (AvgIpc) is 2.54. The van der Waals surface area contributed by atoms with Gasteiger partial charge < -0.3 is 19.0 Å². The molecule has 1 aromatic carbocycles. The first-order valence-electron chi connectivity index (χ1n) is 7.87. The summed E-state index contributed by atoms with van der Waals surface area (Å²) in [6.07, 6.45) is 2.64. The molecule has 0 amide bonds. The maximum atomic E-state index is 5.82. The average molecular weight is 623 g/mol. The lowest BCUT2D eigenvalue weighted by molar-refractivity contribution is 0.0461. The van der Waals surface area contributed by atoms with Gasteiger partial charge in [-0.25, -0.2) is 0 Å². The first-order chi connectivity index (χ1) is 12.4. The summed E-state index contributed by atoms with van der Waals surface area (Å²) in [6.45, 7) is 6.32. The molecular weight excluding hydrogens is 602 g/mol. The van der Waals surface area contributed by atoms with E-state index in [9.17, 15) is 0 Å². The molecule has 0 N–H and O–H groups in total. The quantitative estimate of drug-likeness (QED) is 0.153. The van der Waals surface area contributed by atoms with E-state index in [0.717, 1.165) is 36.0 Å². The van der Waals surface area contributed by atoms with Crippen molar-refractivity contribution in [1.82, 2.24) is 0 Å². The Labute approximate surface area is 188 Å². The van der Waals surface area contributed by atoms with Gasteiger partial charge in [0.05, 0.1) is 31.3 Å². The van der Waals surface area contributed by atoms with Gasteiger partial charge >= 0.3 is 0 Å². The highest BCUT2D eigenvalue weighted by Crippen LogP contribution is 2.37. The van der Waals surface area contributed by atoms with Gasteiger partial charge in [0.2, 0.25) is 0 Å². The highest BCUT2D eigenvalue weighted by atomic mass is 79.9. The lowest BCUT2D eigenvalue weighted by Crippen LogP contribution is -2.07. The number of ether oxygens (including phenoxy) is 3. The molecule has 0 aliphatic carbocycles. The molecule has 0 heterocycles. The van der Waals surface area contributed by atoms with Gasteiger partial charge in [0.15, 0.2) is 0 Å². The second-order valence-corrected chi connectivity index (χ2v) is 9.69. The maximum Gasteiger partial charge on any atom is 0.147 e. The molecule has 0 bridgehead atoms. The third-order valence-corrected chi connectivity index (χ3v) is 4.53. The van der Waals surface area contributed by atoms with E-state index in [4.69, 9.17) is 19.0 Å². The lowest BCUT2D eigenvalue weighted by Gasteiger charge is -2.12. The zero-order valence-electron chi connectivity index (χ0n) is 14.6. The minimum atomic E-state index is 0.450. The summed E-state index contributed by atoms with van der Waals surface area (Å²) in [5, 5.41) is 3.84. The van der Waals surface area contributed by atoms with Crippen molar-refractivity contribution in [3.05, 3.63) is 30.5 Å². The van der Waals surface area contributed by atoms with E-state index in [0.29, 0.717) is 33.0 Å². The van der Waals surface area contributed by atoms with E-state index >= 15 is 0 Å². The standard InChI is InChI=1S/C17H21Br4NO4/c1-12(2)22-26-9-8-23-5-3-6-25-17-14(18)10-13(11-15(17)19)24-7-4-16(20)21/h4,10-11H,3,5-9H2,1-2H3. The van der Waals surface area contributed by atoms with Gasteiger partial charge in [-0.15, -0.1) is 0 Å². The van der Waals surface area contributed by atoms with Crippen LogP contribution in [0.2, 0.25) is 0 Å². The Balaban J connectivity index is 2.30. The Morgan fingerprint density at radius 3 is 2.31 bits per heavy atom.